The van der Waals surface area contributed by atoms with Crippen molar-refractivity contribution in [1.82, 2.24) is 0 Å². The zero-order valence-electron chi connectivity index (χ0n) is 9.83. The largest absolute Gasteiger partial charge is 0.384 e. The first-order valence-electron chi connectivity index (χ1n) is 5.73. The summed E-state index contributed by atoms with van der Waals surface area (Å²) in [5.74, 6) is 0. The number of nitriles is 1. The Morgan fingerprint density at radius 3 is 2.44 bits per heavy atom. The quantitative estimate of drug-likeness (QED) is 0.824. The molecule has 0 saturated heterocycles. The molecular weight excluding hydrogens is 198 g/mol. The van der Waals surface area contributed by atoms with Gasteiger partial charge in [0.15, 0.2) is 0 Å². The summed E-state index contributed by atoms with van der Waals surface area (Å²) in [6, 6.07) is 10.1. The predicted octanol–water partition coefficient (Wildman–Crippen LogP) is 2.90. The first-order valence-corrected chi connectivity index (χ1v) is 5.73. The molecular formula is C14H17NO. The third-order valence-corrected chi connectivity index (χ3v) is 4.02. The van der Waals surface area contributed by atoms with E-state index in [2.05, 4.69) is 6.07 Å². The van der Waals surface area contributed by atoms with Gasteiger partial charge in [-0.25, -0.2) is 0 Å². The van der Waals surface area contributed by atoms with Crippen LogP contribution >= 0.6 is 0 Å². The molecule has 0 heterocycles. The average molecular weight is 215 g/mol. The summed E-state index contributed by atoms with van der Waals surface area (Å²) in [7, 11) is 0. The highest BCUT2D eigenvalue weighted by atomic mass is 16.3. The lowest BCUT2D eigenvalue weighted by Gasteiger charge is -2.47. The molecule has 84 valence electrons. The fourth-order valence-electron chi connectivity index (χ4n) is 2.61. The molecule has 0 aromatic heterocycles. The minimum absolute atomic E-state index is 0.584. The predicted molar refractivity (Wildman–Crippen MR) is 62.6 cm³/mol. The van der Waals surface area contributed by atoms with Gasteiger partial charge in [-0.1, -0.05) is 30.7 Å². The topological polar surface area (TPSA) is 44.0 Å². The van der Waals surface area contributed by atoms with Crippen molar-refractivity contribution in [2.24, 2.45) is 5.41 Å². The number of aliphatic hydroxyl groups is 1. The first kappa shape index (κ1) is 11.2. The Kier molecular flexibility index (Phi) is 2.52. The summed E-state index contributed by atoms with van der Waals surface area (Å²) in [6.45, 7) is 3.76. The standard InChI is InChI=1S/C14H17NO/c1-11-6-3-4-7-12(11)13(2,16)14(10-15)8-5-9-14/h3-4,6-7,16H,5,8-9H2,1-2H3. The van der Waals surface area contributed by atoms with Crippen LogP contribution in [0, 0.1) is 23.7 Å². The summed E-state index contributed by atoms with van der Waals surface area (Å²) < 4.78 is 0. The van der Waals surface area contributed by atoms with Crippen molar-refractivity contribution in [3.8, 4) is 6.07 Å². The number of hydrogen-bond acceptors (Lipinski definition) is 2. The molecule has 2 heteroatoms. The molecule has 1 aromatic rings. The van der Waals surface area contributed by atoms with Crippen LogP contribution in [0.2, 0.25) is 0 Å². The molecule has 0 bridgehead atoms. The second kappa shape index (κ2) is 3.61. The molecule has 2 rings (SSSR count). The summed E-state index contributed by atoms with van der Waals surface area (Å²) in [6.07, 6.45) is 2.63. The molecule has 2 nitrogen and oxygen atoms in total. The van der Waals surface area contributed by atoms with E-state index in [0.29, 0.717) is 0 Å². The Balaban J connectivity index is 2.47. The molecule has 1 N–H and O–H groups in total. The molecule has 1 saturated carbocycles. The van der Waals surface area contributed by atoms with Crippen LogP contribution in [0.5, 0.6) is 0 Å². The minimum Gasteiger partial charge on any atom is -0.384 e. The van der Waals surface area contributed by atoms with Crippen molar-refractivity contribution in [2.75, 3.05) is 0 Å². The molecule has 1 aromatic carbocycles. The molecule has 1 atom stereocenters. The van der Waals surface area contributed by atoms with Gasteiger partial charge < -0.3 is 5.11 Å². The summed E-state index contributed by atoms with van der Waals surface area (Å²) >= 11 is 0. The zero-order valence-corrected chi connectivity index (χ0v) is 9.83. The zero-order chi connectivity index (χ0) is 11.8. The van der Waals surface area contributed by atoms with E-state index < -0.39 is 11.0 Å². The summed E-state index contributed by atoms with van der Waals surface area (Å²) in [4.78, 5) is 0. The second-order valence-electron chi connectivity index (χ2n) is 4.93. The van der Waals surface area contributed by atoms with Crippen LogP contribution in [0.4, 0.5) is 0 Å². The summed E-state index contributed by atoms with van der Waals surface area (Å²) in [5.41, 5.74) is 0.315. The van der Waals surface area contributed by atoms with E-state index in [1.807, 2.05) is 31.2 Å². The van der Waals surface area contributed by atoms with Crippen molar-refractivity contribution >= 4 is 0 Å². The van der Waals surface area contributed by atoms with E-state index in [9.17, 15) is 10.4 Å². The third-order valence-electron chi connectivity index (χ3n) is 4.02. The van der Waals surface area contributed by atoms with Crippen molar-refractivity contribution in [3.63, 3.8) is 0 Å². The van der Waals surface area contributed by atoms with Gasteiger partial charge in [0.2, 0.25) is 0 Å². The van der Waals surface area contributed by atoms with Crippen molar-refractivity contribution in [1.29, 1.82) is 5.26 Å². The Labute approximate surface area is 96.5 Å². The lowest BCUT2D eigenvalue weighted by Crippen LogP contribution is -2.47. The molecule has 0 amide bonds. The van der Waals surface area contributed by atoms with Crippen LogP contribution in [0.25, 0.3) is 0 Å². The SMILES string of the molecule is Cc1ccccc1C(C)(O)C1(C#N)CCC1. The number of benzene rings is 1. The van der Waals surface area contributed by atoms with Gasteiger partial charge in [-0.2, -0.15) is 5.26 Å². The van der Waals surface area contributed by atoms with E-state index in [4.69, 9.17) is 0 Å². The molecule has 1 aliphatic carbocycles. The van der Waals surface area contributed by atoms with Crippen LogP contribution < -0.4 is 0 Å². The maximum absolute atomic E-state index is 10.7. The number of hydrogen-bond donors (Lipinski definition) is 1. The summed E-state index contributed by atoms with van der Waals surface area (Å²) in [5, 5.41) is 20.0. The maximum Gasteiger partial charge on any atom is 0.106 e. The van der Waals surface area contributed by atoms with Gasteiger partial charge in [0, 0.05) is 0 Å². The number of aryl methyl sites for hydroxylation is 1. The fraction of sp³-hybridized carbons (Fsp3) is 0.500. The monoisotopic (exact) mass is 215 g/mol. The van der Waals surface area contributed by atoms with Gasteiger partial charge in [0.05, 0.1) is 11.5 Å². The molecule has 0 radical (unpaired) electrons. The Morgan fingerprint density at radius 1 is 1.38 bits per heavy atom. The fourth-order valence-corrected chi connectivity index (χ4v) is 2.61. The minimum atomic E-state index is -1.04. The lowest BCUT2D eigenvalue weighted by atomic mass is 9.58. The number of rotatable bonds is 2. The van der Waals surface area contributed by atoms with Gasteiger partial charge in [-0.3, -0.25) is 0 Å². The van der Waals surface area contributed by atoms with Gasteiger partial charge >= 0.3 is 0 Å². The van der Waals surface area contributed by atoms with E-state index in [1.165, 1.54) is 0 Å². The third kappa shape index (κ3) is 1.36. The lowest BCUT2D eigenvalue weighted by molar-refractivity contribution is -0.0862. The van der Waals surface area contributed by atoms with Crippen molar-refractivity contribution in [2.45, 2.75) is 38.7 Å². The first-order chi connectivity index (χ1) is 7.53. The van der Waals surface area contributed by atoms with E-state index in [1.54, 1.807) is 6.92 Å². The molecule has 0 aliphatic heterocycles. The van der Waals surface area contributed by atoms with Crippen molar-refractivity contribution < 1.29 is 5.11 Å². The molecule has 0 spiro atoms. The average Bonchev–Trinajstić information content (AvgIpc) is 2.16. The Hall–Kier alpha value is -1.33. The van der Waals surface area contributed by atoms with Gasteiger partial charge in [-0.15, -0.1) is 0 Å². The molecule has 1 aliphatic rings. The molecule has 1 unspecified atom stereocenters. The van der Waals surface area contributed by atoms with Crippen LogP contribution in [-0.2, 0) is 5.60 Å². The van der Waals surface area contributed by atoms with Crippen LogP contribution in [0.3, 0.4) is 0 Å². The van der Waals surface area contributed by atoms with E-state index >= 15 is 0 Å². The molecule has 16 heavy (non-hydrogen) atoms. The Bertz CT molecular complexity index is 438. The maximum atomic E-state index is 10.7. The van der Waals surface area contributed by atoms with E-state index in [-0.39, 0.29) is 0 Å². The van der Waals surface area contributed by atoms with Gasteiger partial charge in [-0.05, 0) is 37.8 Å². The van der Waals surface area contributed by atoms with E-state index in [0.717, 1.165) is 30.4 Å². The van der Waals surface area contributed by atoms with Crippen LogP contribution in [0.15, 0.2) is 24.3 Å². The molecule has 1 fully saturated rings. The second-order valence-corrected chi connectivity index (χ2v) is 4.93. The van der Waals surface area contributed by atoms with Crippen LogP contribution in [0.1, 0.15) is 37.3 Å². The highest BCUT2D eigenvalue weighted by Crippen LogP contribution is 2.53. The van der Waals surface area contributed by atoms with Crippen molar-refractivity contribution in [3.05, 3.63) is 35.4 Å². The normalized spacial score (nSPS) is 21.6. The number of nitrogens with zero attached hydrogens (tertiary/aromatic N) is 1. The highest BCUT2D eigenvalue weighted by molar-refractivity contribution is 5.35. The van der Waals surface area contributed by atoms with Crippen LogP contribution in [-0.4, -0.2) is 5.11 Å². The Morgan fingerprint density at radius 2 is 2.00 bits per heavy atom. The van der Waals surface area contributed by atoms with Gasteiger partial charge in [0.25, 0.3) is 0 Å². The van der Waals surface area contributed by atoms with Gasteiger partial charge in [0.1, 0.15) is 5.60 Å². The highest BCUT2D eigenvalue weighted by Gasteiger charge is 2.53. The smallest absolute Gasteiger partial charge is 0.106 e.